The number of allylic oxidation sites excluding steroid dienone is 2. The summed E-state index contributed by atoms with van der Waals surface area (Å²) >= 11 is 0. The molecular weight excluding hydrogens is 398 g/mol. The summed E-state index contributed by atoms with van der Waals surface area (Å²) in [6.07, 6.45) is 8.99. The number of benzene rings is 1. The Morgan fingerprint density at radius 2 is 2.09 bits per heavy atom. The van der Waals surface area contributed by atoms with Crippen molar-refractivity contribution in [2.75, 3.05) is 11.4 Å². The van der Waals surface area contributed by atoms with E-state index >= 15 is 0 Å². The molecule has 166 valence electrons. The molecule has 0 saturated heterocycles. The Morgan fingerprint density at radius 1 is 1.28 bits per heavy atom. The molecule has 1 N–H and O–H groups in total. The first-order valence-electron chi connectivity index (χ1n) is 10.9. The second-order valence-corrected chi connectivity index (χ2v) is 7.35. The third kappa shape index (κ3) is 6.92. The molecule has 2 rings (SSSR count). The summed E-state index contributed by atoms with van der Waals surface area (Å²) in [4.78, 5) is 23.9. The van der Waals surface area contributed by atoms with Crippen molar-refractivity contribution in [2.45, 2.75) is 46.5 Å². The first-order chi connectivity index (χ1) is 15.5. The van der Waals surface area contributed by atoms with Crippen LogP contribution in [0.3, 0.4) is 0 Å². The van der Waals surface area contributed by atoms with E-state index in [2.05, 4.69) is 29.9 Å². The molecule has 1 aromatic heterocycles. The van der Waals surface area contributed by atoms with E-state index in [1.807, 2.05) is 31.2 Å². The van der Waals surface area contributed by atoms with Crippen molar-refractivity contribution in [3.63, 3.8) is 0 Å². The Labute approximate surface area is 191 Å². The Balaban J connectivity index is 2.43. The number of aliphatic imine (C=N–C) groups is 1. The van der Waals surface area contributed by atoms with Crippen molar-refractivity contribution in [2.24, 2.45) is 4.99 Å². The van der Waals surface area contributed by atoms with E-state index < -0.39 is 0 Å². The van der Waals surface area contributed by atoms with Crippen molar-refractivity contribution in [3.05, 3.63) is 72.1 Å². The normalized spacial score (nSPS) is 11.2. The predicted molar refractivity (Wildman–Crippen MR) is 132 cm³/mol. The molecular formula is C26H31N5O. The first kappa shape index (κ1) is 24.5. The summed E-state index contributed by atoms with van der Waals surface area (Å²) in [5, 5.41) is 12.1. The summed E-state index contributed by atoms with van der Waals surface area (Å²) < 4.78 is 0. The fraction of sp³-hybridized carbons (Fsp3) is 0.308. The standard InChI is InChI=1S/C26H31N5O/c1-5-8-9-10-17-31(26(32)30-24(12-6-2)28-7-3)25-20(4)15-16-23(29-25)22-14-11-13-21(18-22)19-27/h6-7,11-16,18H,2,5,8-10,17H2,1,3-4H3,(H,30,32)/b24-12+,28-7-. The molecule has 0 bridgehead atoms. The lowest BCUT2D eigenvalue weighted by molar-refractivity contribution is 0.248. The fourth-order valence-electron chi connectivity index (χ4n) is 3.25. The summed E-state index contributed by atoms with van der Waals surface area (Å²) in [6, 6.07) is 13.0. The van der Waals surface area contributed by atoms with Gasteiger partial charge in [0.05, 0.1) is 17.3 Å². The molecule has 0 aliphatic rings. The number of nitrogens with zero attached hydrogens (tertiary/aromatic N) is 4. The number of aryl methyl sites for hydroxylation is 1. The number of nitrogens with one attached hydrogen (secondary N) is 1. The molecule has 0 radical (unpaired) electrons. The number of carbonyl (C=O) groups is 1. The lowest BCUT2D eigenvalue weighted by Crippen LogP contribution is -2.41. The molecule has 0 atom stereocenters. The van der Waals surface area contributed by atoms with Crippen LogP contribution >= 0.6 is 0 Å². The second kappa shape index (κ2) is 12.9. The number of carbonyl (C=O) groups excluding carboxylic acids is 1. The lowest BCUT2D eigenvalue weighted by Gasteiger charge is -2.24. The quantitative estimate of drug-likeness (QED) is 0.280. The van der Waals surface area contributed by atoms with Crippen LogP contribution in [0.25, 0.3) is 11.3 Å². The third-order valence-electron chi connectivity index (χ3n) is 4.87. The number of aromatic nitrogens is 1. The van der Waals surface area contributed by atoms with Gasteiger partial charge in [0.15, 0.2) is 0 Å². The van der Waals surface area contributed by atoms with E-state index in [-0.39, 0.29) is 6.03 Å². The molecule has 0 aliphatic carbocycles. The summed E-state index contributed by atoms with van der Waals surface area (Å²) in [5.41, 5.74) is 3.00. The number of pyridine rings is 1. The van der Waals surface area contributed by atoms with Gasteiger partial charge in [0, 0.05) is 18.3 Å². The van der Waals surface area contributed by atoms with Gasteiger partial charge < -0.3 is 0 Å². The molecule has 1 heterocycles. The molecule has 1 aromatic carbocycles. The molecule has 2 aromatic rings. The van der Waals surface area contributed by atoms with Gasteiger partial charge in [-0.15, -0.1) is 0 Å². The maximum atomic E-state index is 13.3. The summed E-state index contributed by atoms with van der Waals surface area (Å²) in [5.74, 6) is 1.01. The fourth-order valence-corrected chi connectivity index (χ4v) is 3.25. The number of unbranched alkanes of at least 4 members (excludes halogenated alkanes) is 3. The van der Waals surface area contributed by atoms with Crippen LogP contribution < -0.4 is 10.2 Å². The Bertz CT molecular complexity index is 1030. The van der Waals surface area contributed by atoms with Crippen molar-refractivity contribution in [3.8, 4) is 17.3 Å². The zero-order valence-electron chi connectivity index (χ0n) is 19.1. The lowest BCUT2D eigenvalue weighted by atomic mass is 10.1. The second-order valence-electron chi connectivity index (χ2n) is 7.35. The highest BCUT2D eigenvalue weighted by molar-refractivity contribution is 5.93. The zero-order chi connectivity index (χ0) is 23.3. The van der Waals surface area contributed by atoms with Crippen LogP contribution in [0.15, 0.2) is 65.9 Å². The van der Waals surface area contributed by atoms with Gasteiger partial charge in [-0.1, -0.05) is 57.0 Å². The minimum Gasteiger partial charge on any atom is -0.292 e. The van der Waals surface area contributed by atoms with Crippen LogP contribution in [-0.4, -0.2) is 23.8 Å². The molecule has 6 heteroatoms. The van der Waals surface area contributed by atoms with Gasteiger partial charge in [-0.3, -0.25) is 10.2 Å². The van der Waals surface area contributed by atoms with Crippen molar-refractivity contribution in [1.29, 1.82) is 5.26 Å². The van der Waals surface area contributed by atoms with Gasteiger partial charge in [-0.2, -0.15) is 5.26 Å². The number of urea groups is 1. The molecule has 0 spiro atoms. The molecule has 0 aliphatic heterocycles. The highest BCUT2D eigenvalue weighted by Gasteiger charge is 2.20. The molecule has 32 heavy (non-hydrogen) atoms. The van der Waals surface area contributed by atoms with E-state index in [9.17, 15) is 10.1 Å². The van der Waals surface area contributed by atoms with Gasteiger partial charge in [-0.05, 0) is 50.1 Å². The first-order valence-corrected chi connectivity index (χ1v) is 10.9. The maximum Gasteiger partial charge on any atom is 0.328 e. The SMILES string of the molecule is C=C/C=C(\N=C/C)NC(=O)N(CCCCCC)c1nc(-c2cccc(C#N)c2)ccc1C. The van der Waals surface area contributed by atoms with Crippen molar-refractivity contribution >= 4 is 18.1 Å². The van der Waals surface area contributed by atoms with E-state index in [0.717, 1.165) is 36.8 Å². The highest BCUT2D eigenvalue weighted by Crippen LogP contribution is 2.25. The van der Waals surface area contributed by atoms with Gasteiger partial charge in [0.25, 0.3) is 0 Å². The smallest absolute Gasteiger partial charge is 0.292 e. The van der Waals surface area contributed by atoms with Crippen molar-refractivity contribution < 1.29 is 4.79 Å². The highest BCUT2D eigenvalue weighted by atomic mass is 16.2. The molecule has 6 nitrogen and oxygen atoms in total. The zero-order valence-corrected chi connectivity index (χ0v) is 19.1. The number of amides is 2. The van der Waals surface area contributed by atoms with Crippen molar-refractivity contribution in [1.82, 2.24) is 10.3 Å². The average molecular weight is 430 g/mol. The van der Waals surface area contributed by atoms with Crippen LogP contribution in [-0.2, 0) is 0 Å². The average Bonchev–Trinajstić information content (AvgIpc) is 2.80. The Kier molecular flexibility index (Phi) is 9.86. The number of anilines is 1. The summed E-state index contributed by atoms with van der Waals surface area (Å²) in [6.45, 7) is 10.1. The topological polar surface area (TPSA) is 81.4 Å². The number of nitriles is 1. The Hall–Kier alpha value is -3.72. The largest absolute Gasteiger partial charge is 0.328 e. The number of hydrogen-bond acceptors (Lipinski definition) is 4. The van der Waals surface area contributed by atoms with Gasteiger partial charge >= 0.3 is 6.03 Å². The molecule has 0 fully saturated rings. The minimum atomic E-state index is -0.293. The molecule has 2 amide bonds. The minimum absolute atomic E-state index is 0.293. The number of rotatable bonds is 10. The monoisotopic (exact) mass is 429 g/mol. The molecule has 0 saturated carbocycles. The van der Waals surface area contributed by atoms with Gasteiger partial charge in [-0.25, -0.2) is 14.8 Å². The van der Waals surface area contributed by atoms with Crippen LogP contribution in [0.5, 0.6) is 0 Å². The summed E-state index contributed by atoms with van der Waals surface area (Å²) in [7, 11) is 0. The van der Waals surface area contributed by atoms with E-state index in [1.165, 1.54) is 0 Å². The van der Waals surface area contributed by atoms with Crippen LogP contribution in [0.4, 0.5) is 10.6 Å². The van der Waals surface area contributed by atoms with E-state index in [4.69, 9.17) is 4.98 Å². The Morgan fingerprint density at radius 3 is 2.78 bits per heavy atom. The number of hydrogen-bond donors (Lipinski definition) is 1. The van der Waals surface area contributed by atoms with E-state index in [0.29, 0.717) is 29.4 Å². The predicted octanol–water partition coefficient (Wildman–Crippen LogP) is 6.14. The third-order valence-corrected chi connectivity index (χ3v) is 4.87. The van der Waals surface area contributed by atoms with Gasteiger partial charge in [0.1, 0.15) is 11.6 Å². The van der Waals surface area contributed by atoms with Crippen LogP contribution in [0.2, 0.25) is 0 Å². The van der Waals surface area contributed by atoms with Crippen LogP contribution in [0, 0.1) is 18.3 Å². The van der Waals surface area contributed by atoms with Gasteiger partial charge in [0.2, 0.25) is 0 Å². The van der Waals surface area contributed by atoms with E-state index in [1.54, 1.807) is 42.3 Å². The maximum absolute atomic E-state index is 13.3. The molecule has 0 unspecified atom stereocenters. The van der Waals surface area contributed by atoms with Crippen LogP contribution in [0.1, 0.15) is 50.7 Å².